The van der Waals surface area contributed by atoms with Crippen LogP contribution in [0.1, 0.15) is 122 Å². The second kappa shape index (κ2) is 20.0. The Hall–Kier alpha value is 0. The van der Waals surface area contributed by atoms with Gasteiger partial charge in [-0.2, -0.15) is 0 Å². The third-order valence-corrected chi connectivity index (χ3v) is 4.49. The van der Waals surface area contributed by atoms with E-state index in [1.165, 1.54) is 109 Å². The number of rotatable bonds is 18. The average Bonchev–Trinajstić information content (AvgIpc) is 2.50. The molecule has 0 nitrogen and oxygen atoms in total. The largest absolute Gasteiger partial charge is 0.0623 e. The molecule has 0 saturated heterocycles. The molecule has 0 aliphatic heterocycles. The lowest BCUT2D eigenvalue weighted by atomic mass is 10.0. The maximum absolute atomic E-state index is 3.90. The second-order valence-corrected chi connectivity index (χ2v) is 6.71. The molecule has 0 saturated carbocycles. The zero-order valence-electron chi connectivity index (χ0n) is 15.0. The molecule has 0 heterocycles. The minimum atomic E-state index is 1.12. The van der Waals surface area contributed by atoms with Gasteiger partial charge in [-0.1, -0.05) is 129 Å². The fourth-order valence-electron chi connectivity index (χ4n) is 3.00. The van der Waals surface area contributed by atoms with Crippen LogP contribution in [0.3, 0.4) is 0 Å². The van der Waals surface area contributed by atoms with Crippen molar-refractivity contribution in [1.29, 1.82) is 0 Å². The Morgan fingerprint density at radius 2 is 0.762 bits per heavy atom. The third kappa shape index (κ3) is 20.0. The van der Waals surface area contributed by atoms with E-state index in [2.05, 4.69) is 20.3 Å². The van der Waals surface area contributed by atoms with E-state index in [0.717, 1.165) is 6.42 Å². The topological polar surface area (TPSA) is 0 Å². The van der Waals surface area contributed by atoms with Crippen LogP contribution in [0, 0.1) is 13.3 Å². The van der Waals surface area contributed by atoms with Crippen LogP contribution in [0.25, 0.3) is 0 Å². The maximum Gasteiger partial charge on any atom is -0.0417 e. The Bertz CT molecular complexity index is 143. The zero-order chi connectivity index (χ0) is 15.4. The normalized spacial score (nSPS) is 11.1. The van der Waals surface area contributed by atoms with E-state index in [4.69, 9.17) is 0 Å². The van der Waals surface area contributed by atoms with Gasteiger partial charge in [0.15, 0.2) is 0 Å². The molecule has 126 valence electrons. The first-order valence-electron chi connectivity index (χ1n) is 9.99. The Labute approximate surface area is 136 Å². The number of unbranched alkanes of at least 4 members (excludes halogenated alkanes) is 18. The molecule has 0 spiro atoms. The van der Waals surface area contributed by atoms with E-state index in [-0.39, 0.29) is 0 Å². The number of hydrogen-bond acceptors (Lipinski definition) is 0. The molecule has 0 unspecified atom stereocenters. The Kier molecular flexibility index (Phi) is 20.0. The van der Waals surface area contributed by atoms with Gasteiger partial charge in [-0.25, -0.2) is 0 Å². The molecular formula is C21H42. The van der Waals surface area contributed by atoms with E-state index in [1.54, 1.807) is 0 Å². The molecule has 0 heteroatoms. The SMILES string of the molecule is [CH2]CCCCCCCCCCCCCCCCCC[CH]C. The van der Waals surface area contributed by atoms with E-state index in [0.29, 0.717) is 0 Å². The Morgan fingerprint density at radius 1 is 0.476 bits per heavy atom. The van der Waals surface area contributed by atoms with Crippen molar-refractivity contribution in [3.05, 3.63) is 13.3 Å². The smallest absolute Gasteiger partial charge is 0.0417 e. The fourth-order valence-corrected chi connectivity index (χ4v) is 3.00. The molecule has 0 rings (SSSR count). The summed E-state index contributed by atoms with van der Waals surface area (Å²) in [4.78, 5) is 0. The van der Waals surface area contributed by atoms with Crippen LogP contribution in [-0.2, 0) is 0 Å². The molecule has 0 aliphatic rings. The van der Waals surface area contributed by atoms with Gasteiger partial charge in [-0.05, 0) is 6.42 Å². The van der Waals surface area contributed by atoms with Gasteiger partial charge in [-0.3, -0.25) is 0 Å². The van der Waals surface area contributed by atoms with Crippen LogP contribution in [0.2, 0.25) is 0 Å². The average molecular weight is 295 g/mol. The van der Waals surface area contributed by atoms with Crippen molar-refractivity contribution in [2.75, 3.05) is 0 Å². The van der Waals surface area contributed by atoms with E-state index in [1.807, 2.05) is 0 Å². The van der Waals surface area contributed by atoms with Gasteiger partial charge < -0.3 is 0 Å². The zero-order valence-corrected chi connectivity index (χ0v) is 15.0. The van der Waals surface area contributed by atoms with E-state index < -0.39 is 0 Å². The summed E-state index contributed by atoms with van der Waals surface area (Å²) in [5.74, 6) is 0. The number of hydrogen-bond donors (Lipinski definition) is 0. The van der Waals surface area contributed by atoms with Gasteiger partial charge in [0.25, 0.3) is 0 Å². The summed E-state index contributed by atoms with van der Waals surface area (Å²) in [7, 11) is 0. The first kappa shape index (κ1) is 21.0. The van der Waals surface area contributed by atoms with Crippen LogP contribution in [0.4, 0.5) is 0 Å². The van der Waals surface area contributed by atoms with Crippen LogP contribution in [-0.4, -0.2) is 0 Å². The summed E-state index contributed by atoms with van der Waals surface area (Å²) in [6, 6.07) is 0. The van der Waals surface area contributed by atoms with Crippen molar-refractivity contribution in [2.24, 2.45) is 0 Å². The first-order chi connectivity index (χ1) is 10.4. The molecule has 0 aromatic heterocycles. The predicted octanol–water partition coefficient (Wildman–Crippen LogP) is 8.07. The highest BCUT2D eigenvalue weighted by Gasteiger charge is 1.94. The van der Waals surface area contributed by atoms with Crippen LogP contribution >= 0.6 is 0 Å². The van der Waals surface area contributed by atoms with Crippen molar-refractivity contribution in [3.63, 3.8) is 0 Å². The summed E-state index contributed by atoms with van der Waals surface area (Å²) in [5, 5.41) is 0. The molecule has 0 bridgehead atoms. The molecular weight excluding hydrogens is 252 g/mol. The molecule has 2 radical (unpaired) electrons. The minimum absolute atomic E-state index is 1.12. The van der Waals surface area contributed by atoms with Gasteiger partial charge in [0.1, 0.15) is 0 Å². The molecule has 0 fully saturated rings. The predicted molar refractivity (Wildman–Crippen MR) is 98.4 cm³/mol. The molecule has 0 amide bonds. The highest BCUT2D eigenvalue weighted by molar-refractivity contribution is 4.55. The summed E-state index contributed by atoms with van der Waals surface area (Å²) in [6.07, 6.45) is 27.9. The van der Waals surface area contributed by atoms with E-state index in [9.17, 15) is 0 Å². The molecule has 21 heavy (non-hydrogen) atoms. The van der Waals surface area contributed by atoms with Crippen molar-refractivity contribution in [1.82, 2.24) is 0 Å². The van der Waals surface area contributed by atoms with E-state index >= 15 is 0 Å². The fraction of sp³-hybridized carbons (Fsp3) is 0.905. The minimum Gasteiger partial charge on any atom is -0.0623 e. The summed E-state index contributed by atoms with van der Waals surface area (Å²) in [6.45, 7) is 6.07. The standard InChI is InChI=1S/C21H42/c1-3-5-7-9-11-13-15-17-19-21-20-18-16-14-12-10-8-6-4-2/h4H,1,3,5-21H2,2H3. The Balaban J connectivity index is 2.90. The molecule has 0 aliphatic carbocycles. The van der Waals surface area contributed by atoms with Crippen molar-refractivity contribution >= 4 is 0 Å². The van der Waals surface area contributed by atoms with Gasteiger partial charge in [0, 0.05) is 0 Å². The van der Waals surface area contributed by atoms with Crippen molar-refractivity contribution < 1.29 is 0 Å². The molecule has 0 aromatic carbocycles. The van der Waals surface area contributed by atoms with Crippen LogP contribution in [0.15, 0.2) is 0 Å². The lowest BCUT2D eigenvalue weighted by molar-refractivity contribution is 0.528. The Morgan fingerprint density at radius 3 is 1.05 bits per heavy atom. The van der Waals surface area contributed by atoms with Gasteiger partial charge in [-0.15, -0.1) is 0 Å². The monoisotopic (exact) mass is 294 g/mol. The molecule has 0 atom stereocenters. The van der Waals surface area contributed by atoms with Gasteiger partial charge in [0.05, 0.1) is 0 Å². The van der Waals surface area contributed by atoms with Gasteiger partial charge in [0.2, 0.25) is 0 Å². The summed E-state index contributed by atoms with van der Waals surface area (Å²) in [5.41, 5.74) is 0. The lowest BCUT2D eigenvalue weighted by Crippen LogP contribution is -1.84. The summed E-state index contributed by atoms with van der Waals surface area (Å²) >= 11 is 0. The molecule has 0 N–H and O–H groups in total. The van der Waals surface area contributed by atoms with Gasteiger partial charge >= 0.3 is 0 Å². The van der Waals surface area contributed by atoms with Crippen molar-refractivity contribution in [3.8, 4) is 0 Å². The first-order valence-corrected chi connectivity index (χ1v) is 9.99. The van der Waals surface area contributed by atoms with Crippen LogP contribution in [0.5, 0.6) is 0 Å². The van der Waals surface area contributed by atoms with Crippen molar-refractivity contribution in [2.45, 2.75) is 122 Å². The summed E-state index contributed by atoms with van der Waals surface area (Å²) < 4.78 is 0. The van der Waals surface area contributed by atoms with Crippen LogP contribution < -0.4 is 0 Å². The molecule has 0 aromatic rings. The quantitative estimate of drug-likeness (QED) is 0.224. The second-order valence-electron chi connectivity index (χ2n) is 6.71. The maximum atomic E-state index is 3.90. The lowest BCUT2D eigenvalue weighted by Gasteiger charge is -2.03. The third-order valence-electron chi connectivity index (χ3n) is 4.49. The highest BCUT2D eigenvalue weighted by atomic mass is 14.0. The highest BCUT2D eigenvalue weighted by Crippen LogP contribution is 2.14.